The molecule has 0 bridgehead atoms. The van der Waals surface area contributed by atoms with Gasteiger partial charge in [0, 0.05) is 28.4 Å². The molecule has 6 heteroatoms. The Morgan fingerprint density at radius 2 is 1.96 bits per heavy atom. The highest BCUT2D eigenvalue weighted by molar-refractivity contribution is 7.12. The van der Waals surface area contributed by atoms with Crippen molar-refractivity contribution in [3.63, 3.8) is 0 Å². The van der Waals surface area contributed by atoms with Gasteiger partial charge in [0.1, 0.15) is 5.82 Å². The van der Waals surface area contributed by atoms with Gasteiger partial charge in [0.2, 0.25) is 0 Å². The zero-order valence-electron chi connectivity index (χ0n) is 14.5. The first-order chi connectivity index (χ1) is 12.0. The number of rotatable bonds is 5. The van der Waals surface area contributed by atoms with Crippen LogP contribution in [0.3, 0.4) is 0 Å². The van der Waals surface area contributed by atoms with Crippen LogP contribution < -0.4 is 5.32 Å². The van der Waals surface area contributed by atoms with Crippen molar-refractivity contribution < 1.29 is 9.18 Å². The number of nitrogens with one attached hydrogen (secondary N) is 1. The van der Waals surface area contributed by atoms with Crippen molar-refractivity contribution >= 4 is 17.2 Å². The minimum Gasteiger partial charge on any atom is -0.347 e. The second-order valence-electron chi connectivity index (χ2n) is 5.87. The lowest BCUT2D eigenvalue weighted by Crippen LogP contribution is -2.23. The molecule has 0 aliphatic carbocycles. The highest BCUT2D eigenvalue weighted by Gasteiger charge is 2.17. The largest absolute Gasteiger partial charge is 0.347 e. The maximum absolute atomic E-state index is 12.9. The van der Waals surface area contributed by atoms with E-state index in [0.29, 0.717) is 18.8 Å². The van der Waals surface area contributed by atoms with Gasteiger partial charge in [-0.05, 0) is 50.6 Å². The Labute approximate surface area is 150 Å². The van der Waals surface area contributed by atoms with Crippen LogP contribution in [0.15, 0.2) is 36.4 Å². The Balaban J connectivity index is 1.79. The average Bonchev–Trinajstić information content (AvgIpc) is 3.16. The van der Waals surface area contributed by atoms with E-state index < -0.39 is 0 Å². The topological polar surface area (TPSA) is 46.9 Å². The van der Waals surface area contributed by atoms with Gasteiger partial charge in [0.15, 0.2) is 5.69 Å². The first-order valence-corrected chi connectivity index (χ1v) is 8.97. The molecule has 0 aliphatic heterocycles. The molecule has 2 aromatic heterocycles. The predicted octanol–water partition coefficient (Wildman–Crippen LogP) is 4.32. The van der Waals surface area contributed by atoms with Crippen molar-refractivity contribution in [3.05, 3.63) is 63.2 Å². The number of thiophene rings is 1. The Bertz CT molecular complexity index is 896. The molecule has 2 heterocycles. The first-order valence-electron chi connectivity index (χ1n) is 8.16. The van der Waals surface area contributed by atoms with E-state index in [9.17, 15) is 9.18 Å². The van der Waals surface area contributed by atoms with Crippen molar-refractivity contribution in [2.24, 2.45) is 0 Å². The zero-order chi connectivity index (χ0) is 18.0. The summed E-state index contributed by atoms with van der Waals surface area (Å²) < 4.78 is 14.8. The smallest absolute Gasteiger partial charge is 0.272 e. The van der Waals surface area contributed by atoms with Gasteiger partial charge in [0.25, 0.3) is 5.91 Å². The molecular formula is C19H20FN3OS. The molecule has 0 spiro atoms. The highest BCUT2D eigenvalue weighted by atomic mass is 32.1. The van der Waals surface area contributed by atoms with Crippen LogP contribution in [0.1, 0.15) is 32.7 Å². The van der Waals surface area contributed by atoms with E-state index in [1.807, 2.05) is 17.7 Å². The van der Waals surface area contributed by atoms with Crippen LogP contribution in [0.5, 0.6) is 0 Å². The van der Waals surface area contributed by atoms with E-state index >= 15 is 0 Å². The number of aryl methyl sites for hydroxylation is 3. The normalized spacial score (nSPS) is 10.9. The fraction of sp³-hybridized carbons (Fsp3) is 0.263. The first kappa shape index (κ1) is 17.4. The summed E-state index contributed by atoms with van der Waals surface area (Å²) in [5.41, 5.74) is 3.31. The molecule has 0 atom stereocenters. The molecule has 0 aliphatic rings. The van der Waals surface area contributed by atoms with E-state index in [-0.39, 0.29) is 11.7 Å². The Hall–Kier alpha value is -2.47. The van der Waals surface area contributed by atoms with E-state index in [1.165, 1.54) is 21.9 Å². The van der Waals surface area contributed by atoms with Crippen molar-refractivity contribution in [1.29, 1.82) is 0 Å². The van der Waals surface area contributed by atoms with Crippen LogP contribution in [-0.2, 0) is 13.1 Å². The minimum atomic E-state index is -0.289. The lowest BCUT2D eigenvalue weighted by atomic mass is 10.1. The second-order valence-corrected chi connectivity index (χ2v) is 7.33. The zero-order valence-corrected chi connectivity index (χ0v) is 15.3. The predicted molar refractivity (Wildman–Crippen MR) is 98.3 cm³/mol. The molecule has 0 radical (unpaired) electrons. The van der Waals surface area contributed by atoms with Crippen molar-refractivity contribution in [1.82, 2.24) is 15.1 Å². The number of carbonyl (C=O) groups excluding carboxylic acids is 1. The third-order valence-corrected chi connectivity index (χ3v) is 4.96. The summed E-state index contributed by atoms with van der Waals surface area (Å²) >= 11 is 1.74. The monoisotopic (exact) mass is 357 g/mol. The van der Waals surface area contributed by atoms with Gasteiger partial charge in [-0.2, -0.15) is 5.10 Å². The molecule has 130 valence electrons. The quantitative estimate of drug-likeness (QED) is 0.739. The van der Waals surface area contributed by atoms with Crippen molar-refractivity contribution in [3.8, 4) is 11.3 Å². The van der Waals surface area contributed by atoms with Gasteiger partial charge in [-0.25, -0.2) is 4.39 Å². The van der Waals surface area contributed by atoms with Crippen LogP contribution in [-0.4, -0.2) is 15.7 Å². The molecule has 1 N–H and O–H groups in total. The SMILES string of the molecule is CCn1nc(C(=O)NCc2ccc(F)cc2)cc1-c1cc(C)sc1C. The van der Waals surface area contributed by atoms with Gasteiger partial charge >= 0.3 is 0 Å². The summed E-state index contributed by atoms with van der Waals surface area (Å²) in [7, 11) is 0. The van der Waals surface area contributed by atoms with Gasteiger partial charge in [-0.15, -0.1) is 11.3 Å². The summed E-state index contributed by atoms with van der Waals surface area (Å²) in [4.78, 5) is 14.9. The number of benzene rings is 1. The number of nitrogens with zero attached hydrogens (tertiary/aromatic N) is 2. The van der Waals surface area contributed by atoms with Crippen LogP contribution in [0.2, 0.25) is 0 Å². The van der Waals surface area contributed by atoms with Crippen molar-refractivity contribution in [2.45, 2.75) is 33.9 Å². The molecular weight excluding hydrogens is 337 g/mol. The van der Waals surface area contributed by atoms with Crippen LogP contribution in [0.25, 0.3) is 11.3 Å². The maximum atomic E-state index is 12.9. The number of aromatic nitrogens is 2. The lowest BCUT2D eigenvalue weighted by molar-refractivity contribution is 0.0945. The minimum absolute atomic E-state index is 0.234. The highest BCUT2D eigenvalue weighted by Crippen LogP contribution is 2.31. The lowest BCUT2D eigenvalue weighted by Gasteiger charge is -2.03. The van der Waals surface area contributed by atoms with Crippen molar-refractivity contribution in [2.75, 3.05) is 0 Å². The Kier molecular flexibility index (Phi) is 4.99. The van der Waals surface area contributed by atoms with E-state index in [1.54, 1.807) is 23.5 Å². The summed E-state index contributed by atoms with van der Waals surface area (Å²) in [5, 5.41) is 7.27. The fourth-order valence-corrected chi connectivity index (χ4v) is 3.68. The van der Waals surface area contributed by atoms with E-state index in [2.05, 4.69) is 30.3 Å². The number of hydrogen-bond acceptors (Lipinski definition) is 3. The Morgan fingerprint density at radius 3 is 2.56 bits per heavy atom. The Morgan fingerprint density at radius 1 is 1.24 bits per heavy atom. The standard InChI is InChI=1S/C19H20FN3OS/c1-4-23-18(16-9-12(2)25-13(16)3)10-17(22-23)19(24)21-11-14-5-7-15(20)8-6-14/h5-10H,4,11H2,1-3H3,(H,21,24). The number of carbonyl (C=O) groups is 1. The molecule has 0 saturated carbocycles. The fourth-order valence-electron chi connectivity index (χ4n) is 2.75. The molecule has 0 fully saturated rings. The molecule has 25 heavy (non-hydrogen) atoms. The molecule has 1 amide bonds. The van der Waals surface area contributed by atoms with Crippen LogP contribution in [0.4, 0.5) is 4.39 Å². The summed E-state index contributed by atoms with van der Waals surface area (Å²) in [6.45, 7) is 7.18. The number of amides is 1. The molecule has 1 aromatic carbocycles. The summed E-state index contributed by atoms with van der Waals surface area (Å²) in [5.74, 6) is -0.523. The third-order valence-electron chi connectivity index (χ3n) is 4.00. The molecule has 3 rings (SSSR count). The molecule has 0 unspecified atom stereocenters. The van der Waals surface area contributed by atoms with Gasteiger partial charge < -0.3 is 5.32 Å². The van der Waals surface area contributed by atoms with Gasteiger partial charge in [-0.3, -0.25) is 9.48 Å². The van der Waals surface area contributed by atoms with E-state index in [0.717, 1.165) is 16.8 Å². The second kappa shape index (κ2) is 7.19. The van der Waals surface area contributed by atoms with Crippen LogP contribution >= 0.6 is 11.3 Å². The third kappa shape index (κ3) is 3.79. The summed E-state index contributed by atoms with van der Waals surface area (Å²) in [6, 6.07) is 10.0. The average molecular weight is 357 g/mol. The number of hydrogen-bond donors (Lipinski definition) is 1. The maximum Gasteiger partial charge on any atom is 0.272 e. The van der Waals surface area contributed by atoms with Crippen LogP contribution in [0, 0.1) is 19.7 Å². The van der Waals surface area contributed by atoms with E-state index in [4.69, 9.17) is 0 Å². The molecule has 0 saturated heterocycles. The molecule has 4 nitrogen and oxygen atoms in total. The summed E-state index contributed by atoms with van der Waals surface area (Å²) in [6.07, 6.45) is 0. The molecule has 3 aromatic rings. The van der Waals surface area contributed by atoms with Gasteiger partial charge in [0.05, 0.1) is 5.69 Å². The number of halogens is 1. The van der Waals surface area contributed by atoms with Gasteiger partial charge in [-0.1, -0.05) is 12.1 Å².